The maximum Gasteiger partial charge on any atom is 0.228 e. The molecule has 0 spiro atoms. The molecule has 0 unspecified atom stereocenters. The quantitative estimate of drug-likeness (QED) is 0.542. The largest absolute Gasteiger partial charge is 0.489 e. The van der Waals surface area contributed by atoms with Crippen molar-refractivity contribution in [3.05, 3.63) is 74.7 Å². The minimum atomic E-state index is -0.0431. The molecule has 26 heavy (non-hydrogen) atoms. The SMILES string of the molecule is Cc1noc(C)c1COc1ccc(CC(=O)Nc2ccccc2I)cc1. The molecule has 0 aliphatic carbocycles. The van der Waals surface area contributed by atoms with Gasteiger partial charge in [0.05, 0.1) is 23.4 Å². The third-order valence-electron chi connectivity index (χ3n) is 4.00. The lowest BCUT2D eigenvalue weighted by molar-refractivity contribution is -0.115. The number of halogens is 1. The van der Waals surface area contributed by atoms with Gasteiger partial charge in [0.1, 0.15) is 18.1 Å². The molecule has 0 aliphatic rings. The molecule has 0 radical (unpaired) electrons. The van der Waals surface area contributed by atoms with Gasteiger partial charge < -0.3 is 14.6 Å². The Kier molecular flexibility index (Phi) is 5.92. The van der Waals surface area contributed by atoms with Crippen molar-refractivity contribution in [3.8, 4) is 5.75 Å². The van der Waals surface area contributed by atoms with Crippen LogP contribution < -0.4 is 10.1 Å². The van der Waals surface area contributed by atoms with E-state index in [4.69, 9.17) is 9.26 Å². The van der Waals surface area contributed by atoms with Crippen LogP contribution >= 0.6 is 22.6 Å². The molecule has 1 heterocycles. The highest BCUT2D eigenvalue weighted by Crippen LogP contribution is 2.19. The van der Waals surface area contributed by atoms with Crippen LogP contribution in [0.15, 0.2) is 53.1 Å². The summed E-state index contributed by atoms with van der Waals surface area (Å²) in [5.74, 6) is 1.47. The van der Waals surface area contributed by atoms with E-state index < -0.39 is 0 Å². The van der Waals surface area contributed by atoms with E-state index in [1.165, 1.54) is 0 Å². The topological polar surface area (TPSA) is 64.4 Å². The lowest BCUT2D eigenvalue weighted by Gasteiger charge is -2.09. The molecule has 6 heteroatoms. The van der Waals surface area contributed by atoms with Crippen LogP contribution in [0.5, 0.6) is 5.75 Å². The summed E-state index contributed by atoms with van der Waals surface area (Å²) in [6.45, 7) is 4.17. The predicted molar refractivity (Wildman–Crippen MR) is 108 cm³/mol. The Balaban J connectivity index is 1.56. The second-order valence-electron chi connectivity index (χ2n) is 5.94. The third kappa shape index (κ3) is 4.63. The van der Waals surface area contributed by atoms with Gasteiger partial charge in [0.25, 0.3) is 0 Å². The van der Waals surface area contributed by atoms with Crippen LogP contribution in [-0.4, -0.2) is 11.1 Å². The first-order chi connectivity index (χ1) is 12.5. The average molecular weight is 462 g/mol. The first-order valence-electron chi connectivity index (χ1n) is 8.21. The van der Waals surface area contributed by atoms with Gasteiger partial charge in [-0.1, -0.05) is 29.4 Å². The van der Waals surface area contributed by atoms with E-state index in [9.17, 15) is 4.79 Å². The van der Waals surface area contributed by atoms with E-state index in [1.807, 2.05) is 62.4 Å². The van der Waals surface area contributed by atoms with Gasteiger partial charge in [-0.3, -0.25) is 4.79 Å². The van der Waals surface area contributed by atoms with Gasteiger partial charge in [0.15, 0.2) is 0 Å². The number of benzene rings is 2. The van der Waals surface area contributed by atoms with Crippen molar-refractivity contribution in [1.29, 1.82) is 0 Å². The number of aryl methyl sites for hydroxylation is 2. The Hall–Kier alpha value is -2.35. The molecule has 134 valence electrons. The van der Waals surface area contributed by atoms with Crippen LogP contribution in [0.25, 0.3) is 0 Å². The van der Waals surface area contributed by atoms with Crippen LogP contribution in [-0.2, 0) is 17.8 Å². The molecular formula is C20H19IN2O3. The number of nitrogens with zero attached hydrogens (tertiary/aromatic N) is 1. The molecule has 3 rings (SSSR count). The highest BCUT2D eigenvalue weighted by molar-refractivity contribution is 14.1. The van der Waals surface area contributed by atoms with Crippen LogP contribution in [0.3, 0.4) is 0 Å². The van der Waals surface area contributed by atoms with Crippen molar-refractivity contribution in [1.82, 2.24) is 5.16 Å². The maximum absolute atomic E-state index is 12.2. The number of carbonyl (C=O) groups is 1. The van der Waals surface area contributed by atoms with Crippen LogP contribution in [0.2, 0.25) is 0 Å². The number of para-hydroxylation sites is 1. The van der Waals surface area contributed by atoms with Crippen molar-refractivity contribution in [2.24, 2.45) is 0 Å². The molecule has 0 aliphatic heterocycles. The van der Waals surface area contributed by atoms with Gasteiger partial charge in [-0.05, 0) is 66.3 Å². The van der Waals surface area contributed by atoms with Gasteiger partial charge in [-0.15, -0.1) is 0 Å². The van der Waals surface area contributed by atoms with Gasteiger partial charge in [0.2, 0.25) is 5.91 Å². The van der Waals surface area contributed by atoms with Gasteiger partial charge in [-0.25, -0.2) is 0 Å². The number of carbonyl (C=O) groups excluding carboxylic acids is 1. The molecule has 0 bridgehead atoms. The second kappa shape index (κ2) is 8.35. The molecule has 2 aromatic carbocycles. The number of amides is 1. The summed E-state index contributed by atoms with van der Waals surface area (Å²) in [7, 11) is 0. The van der Waals surface area contributed by atoms with Crippen molar-refractivity contribution < 1.29 is 14.1 Å². The van der Waals surface area contributed by atoms with Crippen molar-refractivity contribution >= 4 is 34.2 Å². The fourth-order valence-corrected chi connectivity index (χ4v) is 3.03. The smallest absolute Gasteiger partial charge is 0.228 e. The number of ether oxygens (including phenoxy) is 1. The molecule has 1 aromatic heterocycles. The predicted octanol–water partition coefficient (Wildman–Crippen LogP) is 4.66. The summed E-state index contributed by atoms with van der Waals surface area (Å²) in [5, 5.41) is 6.85. The summed E-state index contributed by atoms with van der Waals surface area (Å²) in [5.41, 5.74) is 3.56. The fourth-order valence-electron chi connectivity index (χ4n) is 2.51. The summed E-state index contributed by atoms with van der Waals surface area (Å²) in [6.07, 6.45) is 0.315. The molecular weight excluding hydrogens is 443 g/mol. The number of nitrogens with one attached hydrogen (secondary N) is 1. The molecule has 1 N–H and O–H groups in total. The first-order valence-corrected chi connectivity index (χ1v) is 9.28. The van der Waals surface area contributed by atoms with E-state index in [2.05, 4.69) is 33.1 Å². The molecule has 1 amide bonds. The first kappa shape index (κ1) is 18.4. The zero-order chi connectivity index (χ0) is 18.5. The molecule has 0 saturated heterocycles. The van der Waals surface area contributed by atoms with E-state index in [0.29, 0.717) is 13.0 Å². The van der Waals surface area contributed by atoms with Crippen molar-refractivity contribution in [3.63, 3.8) is 0 Å². The number of aromatic nitrogens is 1. The maximum atomic E-state index is 12.2. The number of anilines is 1. The normalized spacial score (nSPS) is 10.6. The standard InChI is InChI=1S/C20H19IN2O3/c1-13-17(14(2)26-23-13)12-25-16-9-7-15(8-10-16)11-20(24)22-19-6-4-3-5-18(19)21/h3-10H,11-12H2,1-2H3,(H,22,24). The summed E-state index contributed by atoms with van der Waals surface area (Å²) in [6, 6.07) is 15.2. The molecule has 0 atom stereocenters. The van der Waals surface area contributed by atoms with Crippen LogP contribution in [0.1, 0.15) is 22.6 Å². The van der Waals surface area contributed by atoms with Gasteiger partial charge >= 0.3 is 0 Å². The van der Waals surface area contributed by atoms with Crippen LogP contribution in [0, 0.1) is 17.4 Å². The number of hydrogen-bond donors (Lipinski definition) is 1. The minimum Gasteiger partial charge on any atom is -0.489 e. The average Bonchev–Trinajstić information content (AvgIpc) is 2.94. The molecule has 3 aromatic rings. The third-order valence-corrected chi connectivity index (χ3v) is 4.94. The fraction of sp³-hybridized carbons (Fsp3) is 0.200. The van der Waals surface area contributed by atoms with E-state index in [-0.39, 0.29) is 5.91 Å². The van der Waals surface area contributed by atoms with E-state index >= 15 is 0 Å². The Morgan fingerprint density at radius 1 is 1.15 bits per heavy atom. The van der Waals surface area contributed by atoms with Crippen molar-refractivity contribution in [2.75, 3.05) is 5.32 Å². The second-order valence-corrected chi connectivity index (χ2v) is 7.10. The zero-order valence-electron chi connectivity index (χ0n) is 14.6. The Morgan fingerprint density at radius 3 is 2.54 bits per heavy atom. The highest BCUT2D eigenvalue weighted by Gasteiger charge is 2.10. The summed E-state index contributed by atoms with van der Waals surface area (Å²) in [4.78, 5) is 12.2. The molecule has 5 nitrogen and oxygen atoms in total. The Labute approximate surface area is 165 Å². The van der Waals surface area contributed by atoms with Gasteiger partial charge in [0, 0.05) is 3.57 Å². The number of rotatable bonds is 6. The minimum absolute atomic E-state index is 0.0431. The van der Waals surface area contributed by atoms with Crippen molar-refractivity contribution in [2.45, 2.75) is 26.9 Å². The number of hydrogen-bond acceptors (Lipinski definition) is 4. The Morgan fingerprint density at radius 2 is 1.88 bits per heavy atom. The molecule has 0 saturated carbocycles. The molecule has 0 fully saturated rings. The lowest BCUT2D eigenvalue weighted by Crippen LogP contribution is -2.15. The zero-order valence-corrected chi connectivity index (χ0v) is 16.7. The van der Waals surface area contributed by atoms with Gasteiger partial charge in [-0.2, -0.15) is 0 Å². The van der Waals surface area contributed by atoms with E-state index in [1.54, 1.807) is 0 Å². The Bertz CT molecular complexity index is 884. The summed E-state index contributed by atoms with van der Waals surface area (Å²) < 4.78 is 11.9. The lowest BCUT2D eigenvalue weighted by atomic mass is 10.1. The summed E-state index contributed by atoms with van der Waals surface area (Å²) >= 11 is 2.20. The van der Waals surface area contributed by atoms with E-state index in [0.717, 1.165) is 37.6 Å². The van der Waals surface area contributed by atoms with Crippen LogP contribution in [0.4, 0.5) is 5.69 Å². The monoisotopic (exact) mass is 462 g/mol. The highest BCUT2D eigenvalue weighted by atomic mass is 127.